The summed E-state index contributed by atoms with van der Waals surface area (Å²) < 4.78 is 12.6. The lowest BCUT2D eigenvalue weighted by Crippen LogP contribution is -2.46. The number of carbonyl (C=O) groups excluding carboxylic acids is 1. The molecule has 0 spiro atoms. The quantitative estimate of drug-likeness (QED) is 0.106. The number of oxazole rings is 1. The van der Waals surface area contributed by atoms with Gasteiger partial charge >= 0.3 is 11.7 Å². The molecule has 0 unspecified atom stereocenters. The number of rotatable bonds is 15. The molecule has 4 aromatic rings. The first-order chi connectivity index (χ1) is 21.1. The van der Waals surface area contributed by atoms with E-state index in [4.69, 9.17) is 9.15 Å². The number of para-hydroxylation sites is 1. The van der Waals surface area contributed by atoms with Gasteiger partial charge in [-0.2, -0.15) is 0 Å². The third kappa shape index (κ3) is 8.38. The van der Waals surface area contributed by atoms with Gasteiger partial charge in [-0.3, -0.25) is 9.69 Å². The van der Waals surface area contributed by atoms with Crippen LogP contribution in [0, 0.1) is 0 Å². The molecule has 0 amide bonds. The fourth-order valence-electron chi connectivity index (χ4n) is 5.94. The van der Waals surface area contributed by atoms with Gasteiger partial charge in [0, 0.05) is 39.1 Å². The Morgan fingerprint density at radius 2 is 1.49 bits per heavy atom. The van der Waals surface area contributed by atoms with Gasteiger partial charge in [-0.1, -0.05) is 106 Å². The summed E-state index contributed by atoms with van der Waals surface area (Å²) >= 11 is 0. The lowest BCUT2D eigenvalue weighted by Gasteiger charge is -2.36. The lowest BCUT2D eigenvalue weighted by molar-refractivity contribution is -0.147. The largest absolute Gasteiger partial charge is 0.444 e. The second-order valence-electron chi connectivity index (χ2n) is 11.6. The second-order valence-corrected chi connectivity index (χ2v) is 11.6. The molecule has 43 heavy (non-hydrogen) atoms. The van der Waals surface area contributed by atoms with Crippen molar-refractivity contribution in [2.24, 2.45) is 0 Å². The predicted octanol–water partition coefficient (Wildman–Crippen LogP) is 7.62. The molecule has 5 rings (SSSR count). The van der Waals surface area contributed by atoms with Gasteiger partial charge in [-0.05, 0) is 41.3 Å². The van der Waals surface area contributed by atoms with Crippen molar-refractivity contribution < 1.29 is 13.9 Å². The molecule has 1 aliphatic rings. The first-order valence-corrected chi connectivity index (χ1v) is 16.0. The summed E-state index contributed by atoms with van der Waals surface area (Å²) in [5.41, 5.74) is 5.88. The molecule has 7 nitrogen and oxygen atoms in total. The minimum atomic E-state index is -0.501. The molecule has 228 valence electrons. The zero-order valence-electron chi connectivity index (χ0n) is 25.5. The van der Waals surface area contributed by atoms with E-state index in [1.807, 2.05) is 24.3 Å². The monoisotopic (exact) mass is 583 g/mol. The van der Waals surface area contributed by atoms with Crippen molar-refractivity contribution in [2.75, 3.05) is 31.1 Å². The van der Waals surface area contributed by atoms with Gasteiger partial charge in [0.05, 0.1) is 11.2 Å². The van der Waals surface area contributed by atoms with Crippen LogP contribution in [-0.4, -0.2) is 41.6 Å². The average Bonchev–Trinajstić information content (AvgIpc) is 3.37. The Kier molecular flexibility index (Phi) is 11.1. The van der Waals surface area contributed by atoms with Crippen LogP contribution in [-0.2, 0) is 22.8 Å². The summed E-state index contributed by atoms with van der Waals surface area (Å²) in [5.74, 6) is -0.770. The highest BCUT2D eigenvalue weighted by molar-refractivity contribution is 5.87. The van der Waals surface area contributed by atoms with Crippen LogP contribution < -0.4 is 10.7 Å². The number of fused-ring (bicyclic) bond motifs is 1. The molecule has 0 N–H and O–H groups in total. The van der Waals surface area contributed by atoms with Crippen LogP contribution >= 0.6 is 0 Å². The molecule has 1 aromatic heterocycles. The van der Waals surface area contributed by atoms with E-state index in [1.165, 1.54) is 53.4 Å². The fourth-order valence-corrected chi connectivity index (χ4v) is 5.94. The van der Waals surface area contributed by atoms with Gasteiger partial charge < -0.3 is 14.1 Å². The Balaban J connectivity index is 1.12. The average molecular weight is 584 g/mol. The number of benzene rings is 3. The fraction of sp³-hybridized carbons (Fsp3) is 0.444. The van der Waals surface area contributed by atoms with Crippen LogP contribution in [0.1, 0.15) is 70.3 Å². The zero-order valence-corrected chi connectivity index (χ0v) is 25.5. The molecular formula is C36H45N3O4. The van der Waals surface area contributed by atoms with Crippen LogP contribution in [0.3, 0.4) is 0 Å². The molecule has 1 fully saturated rings. The minimum Gasteiger partial charge on any atom is -0.444 e. The van der Waals surface area contributed by atoms with Gasteiger partial charge in [0.2, 0.25) is 0 Å². The number of aromatic nitrogens is 1. The second kappa shape index (κ2) is 15.6. The van der Waals surface area contributed by atoms with Gasteiger partial charge in [0.25, 0.3) is 0 Å². The summed E-state index contributed by atoms with van der Waals surface area (Å²) in [5, 5.41) is 0. The van der Waals surface area contributed by atoms with Crippen molar-refractivity contribution in [3.05, 3.63) is 88.9 Å². The molecule has 0 saturated carbocycles. The highest BCUT2D eigenvalue weighted by Crippen LogP contribution is 2.28. The summed E-state index contributed by atoms with van der Waals surface area (Å²) in [6.07, 6.45) is 9.75. The first-order valence-electron chi connectivity index (χ1n) is 16.0. The number of unbranched alkanes of at least 4 members (excludes halogenated alkanes) is 7. The van der Waals surface area contributed by atoms with E-state index in [9.17, 15) is 9.59 Å². The van der Waals surface area contributed by atoms with Gasteiger partial charge in [0.1, 0.15) is 0 Å². The molecule has 0 aliphatic carbocycles. The maximum absolute atomic E-state index is 12.8. The molecule has 3 aromatic carbocycles. The van der Waals surface area contributed by atoms with E-state index >= 15 is 0 Å². The third-order valence-corrected chi connectivity index (χ3v) is 8.42. The topological polar surface area (TPSA) is 67.9 Å². The van der Waals surface area contributed by atoms with E-state index in [-0.39, 0.29) is 12.7 Å². The maximum atomic E-state index is 12.8. The number of anilines is 1. The minimum absolute atomic E-state index is 0.124. The van der Waals surface area contributed by atoms with Crippen molar-refractivity contribution in [2.45, 2.75) is 78.0 Å². The molecule has 2 heterocycles. The van der Waals surface area contributed by atoms with Gasteiger partial charge in [0.15, 0.2) is 12.3 Å². The summed E-state index contributed by atoms with van der Waals surface area (Å²) in [6.45, 7) is 6.48. The zero-order chi connectivity index (χ0) is 29.9. The van der Waals surface area contributed by atoms with Crippen LogP contribution in [0.5, 0.6) is 0 Å². The maximum Gasteiger partial charge on any atom is 0.422 e. The number of nitrogens with zero attached hydrogens (tertiary/aromatic N) is 3. The van der Waals surface area contributed by atoms with Crippen LogP contribution in [0.15, 0.2) is 82.0 Å². The summed E-state index contributed by atoms with van der Waals surface area (Å²) in [6, 6.07) is 25.0. The van der Waals surface area contributed by atoms with E-state index in [2.05, 4.69) is 65.3 Å². The standard InChI is InChI=1S/C36H45N3O4/c1-2-3-4-5-6-7-8-12-21-34(40)42-28-39-33-20-14-19-32(35(33)43-36(39)41)38-24-22-37(23-25-38)27-29-15-13-18-31(26-29)30-16-10-9-11-17-30/h9-11,13-20,26H,2-8,12,21-25,27-28H2,1H3. The van der Waals surface area contributed by atoms with Gasteiger partial charge in [-0.15, -0.1) is 0 Å². The van der Waals surface area contributed by atoms with Crippen molar-refractivity contribution in [3.63, 3.8) is 0 Å². The van der Waals surface area contributed by atoms with E-state index < -0.39 is 5.76 Å². The van der Waals surface area contributed by atoms with E-state index in [0.29, 0.717) is 17.5 Å². The Bertz CT molecular complexity index is 1500. The normalized spacial score (nSPS) is 13.9. The van der Waals surface area contributed by atoms with Crippen LogP contribution in [0.4, 0.5) is 5.69 Å². The third-order valence-electron chi connectivity index (χ3n) is 8.42. The van der Waals surface area contributed by atoms with Crippen LogP contribution in [0.2, 0.25) is 0 Å². The first kappa shape index (κ1) is 30.6. The van der Waals surface area contributed by atoms with Crippen molar-refractivity contribution >= 4 is 22.8 Å². The lowest BCUT2D eigenvalue weighted by atomic mass is 10.0. The van der Waals surface area contributed by atoms with Crippen molar-refractivity contribution in [3.8, 4) is 11.1 Å². The van der Waals surface area contributed by atoms with Crippen molar-refractivity contribution in [1.82, 2.24) is 9.47 Å². The number of esters is 1. The number of ether oxygens (including phenoxy) is 1. The molecule has 0 bridgehead atoms. The Hall–Kier alpha value is -3.84. The SMILES string of the molecule is CCCCCCCCCCC(=O)OCn1c(=O)oc2c(N3CCN(Cc4cccc(-c5ccccc5)c4)CC3)cccc21. The molecular weight excluding hydrogens is 538 g/mol. The number of hydrogen-bond acceptors (Lipinski definition) is 6. The highest BCUT2D eigenvalue weighted by atomic mass is 16.5. The molecule has 1 aliphatic heterocycles. The molecule has 7 heteroatoms. The smallest absolute Gasteiger partial charge is 0.422 e. The molecule has 1 saturated heterocycles. The number of hydrogen-bond donors (Lipinski definition) is 0. The van der Waals surface area contributed by atoms with Gasteiger partial charge in [-0.25, -0.2) is 9.36 Å². The number of carbonyl (C=O) groups is 1. The predicted molar refractivity (Wildman–Crippen MR) is 173 cm³/mol. The van der Waals surface area contributed by atoms with Crippen molar-refractivity contribution in [1.29, 1.82) is 0 Å². The summed E-state index contributed by atoms with van der Waals surface area (Å²) in [4.78, 5) is 29.8. The van der Waals surface area contributed by atoms with E-state index in [1.54, 1.807) is 0 Å². The van der Waals surface area contributed by atoms with E-state index in [0.717, 1.165) is 57.7 Å². The highest BCUT2D eigenvalue weighted by Gasteiger charge is 2.22. The molecule has 0 atom stereocenters. The molecule has 0 radical (unpaired) electrons. The summed E-state index contributed by atoms with van der Waals surface area (Å²) in [7, 11) is 0. The Morgan fingerprint density at radius 3 is 2.26 bits per heavy atom. The number of piperazine rings is 1. The Morgan fingerprint density at radius 1 is 0.791 bits per heavy atom. The van der Waals surface area contributed by atoms with Crippen LogP contribution in [0.25, 0.3) is 22.2 Å². The Labute approximate surface area is 255 Å².